The highest BCUT2D eigenvalue weighted by Gasteiger charge is 2.53. The van der Waals surface area contributed by atoms with Gasteiger partial charge in [0.2, 0.25) is 0 Å². The lowest BCUT2D eigenvalue weighted by molar-refractivity contribution is -0.552. The Hall–Kier alpha value is -2.25. The number of rotatable bonds is 4. The zero-order chi connectivity index (χ0) is 20.7. The van der Waals surface area contributed by atoms with Crippen molar-refractivity contribution < 1.29 is 14.2 Å². The fourth-order valence-electron chi connectivity index (χ4n) is 4.16. The second-order valence-corrected chi connectivity index (χ2v) is 8.68. The van der Waals surface area contributed by atoms with Crippen molar-refractivity contribution in [2.45, 2.75) is 32.4 Å². The van der Waals surface area contributed by atoms with Gasteiger partial charge in [-0.15, -0.1) is 0 Å². The van der Waals surface area contributed by atoms with Gasteiger partial charge in [0.05, 0.1) is 0 Å². The van der Waals surface area contributed by atoms with Crippen molar-refractivity contribution in [2.24, 2.45) is 10.9 Å². The topological polar surface area (TPSA) is 59.2 Å². The van der Waals surface area contributed by atoms with Crippen LogP contribution in [0.3, 0.4) is 0 Å². The van der Waals surface area contributed by atoms with Crippen LogP contribution < -0.4 is 0 Å². The molecular formula is C21H27ClN5O2+. The summed E-state index contributed by atoms with van der Waals surface area (Å²) in [6.07, 6.45) is 2.34. The summed E-state index contributed by atoms with van der Waals surface area (Å²) in [5.41, 5.74) is 1.05. The number of likely N-dealkylation sites (tertiary alicyclic amines) is 1. The Morgan fingerprint density at radius 1 is 1.10 bits per heavy atom. The number of amides is 3. The fourth-order valence-corrected chi connectivity index (χ4v) is 4.29. The molecule has 1 unspecified atom stereocenters. The number of carbonyl (C=O) groups is 2. The molecule has 8 heteroatoms. The van der Waals surface area contributed by atoms with Crippen molar-refractivity contribution in [1.82, 2.24) is 14.7 Å². The van der Waals surface area contributed by atoms with Gasteiger partial charge in [-0.2, -0.15) is 0 Å². The first-order valence-corrected chi connectivity index (χ1v) is 10.5. The summed E-state index contributed by atoms with van der Waals surface area (Å²) in [6.45, 7) is 5.56. The minimum atomic E-state index is -0.572. The quantitative estimate of drug-likeness (QED) is 0.707. The number of fused-ring (bicyclic) bond motifs is 1. The summed E-state index contributed by atoms with van der Waals surface area (Å²) in [6, 6.07) is 6.72. The van der Waals surface area contributed by atoms with Crippen LogP contribution >= 0.6 is 11.6 Å². The maximum Gasteiger partial charge on any atom is 0.333 e. The minimum Gasteiger partial charge on any atom is -0.292 e. The highest BCUT2D eigenvalue weighted by molar-refractivity contribution is 6.30. The Kier molecular flexibility index (Phi) is 5.44. The molecule has 1 atom stereocenters. The number of benzene rings is 1. The van der Waals surface area contributed by atoms with E-state index in [1.165, 1.54) is 29.7 Å². The average Bonchev–Trinajstić information content (AvgIpc) is 3.06. The number of aliphatic imine (C=N–C) groups is 1. The molecule has 154 valence electrons. The summed E-state index contributed by atoms with van der Waals surface area (Å²) in [4.78, 5) is 35.3. The van der Waals surface area contributed by atoms with E-state index in [1.807, 2.05) is 28.8 Å². The average molecular weight is 417 g/mol. The molecular weight excluding hydrogens is 390 g/mol. The molecule has 0 spiro atoms. The molecule has 0 radical (unpaired) electrons. The van der Waals surface area contributed by atoms with Crippen LogP contribution in [0, 0.1) is 5.92 Å². The maximum atomic E-state index is 13.0. The van der Waals surface area contributed by atoms with Gasteiger partial charge in [-0.05, 0) is 54.5 Å². The molecule has 29 heavy (non-hydrogen) atoms. The molecule has 0 aromatic heterocycles. The summed E-state index contributed by atoms with van der Waals surface area (Å²) < 4.78 is 2.04. The summed E-state index contributed by atoms with van der Waals surface area (Å²) in [5, 5.41) is 0.678. The smallest absolute Gasteiger partial charge is 0.292 e. The van der Waals surface area contributed by atoms with E-state index < -0.39 is 6.04 Å². The highest BCUT2D eigenvalue weighted by atomic mass is 35.5. The molecule has 0 bridgehead atoms. The van der Waals surface area contributed by atoms with E-state index in [9.17, 15) is 9.59 Å². The second-order valence-electron chi connectivity index (χ2n) is 8.24. The molecule has 7 nitrogen and oxygen atoms in total. The molecule has 0 N–H and O–H groups in total. The Balaban J connectivity index is 1.67. The van der Waals surface area contributed by atoms with E-state index >= 15 is 0 Å². The number of nitrogens with zero attached hydrogens (tertiary/aromatic N) is 5. The van der Waals surface area contributed by atoms with Crippen LogP contribution in [0.15, 0.2) is 29.3 Å². The maximum absolute atomic E-state index is 13.0. The Morgan fingerprint density at radius 3 is 2.41 bits per heavy atom. The Bertz CT molecular complexity index is 887. The third-order valence-corrected chi connectivity index (χ3v) is 6.37. The van der Waals surface area contributed by atoms with Crippen LogP contribution in [0.5, 0.6) is 0 Å². The molecule has 3 amide bonds. The van der Waals surface area contributed by atoms with Crippen LogP contribution in [0.25, 0.3) is 0 Å². The minimum absolute atomic E-state index is 0.233. The third-order valence-electron chi connectivity index (χ3n) is 6.12. The number of urea groups is 1. The van der Waals surface area contributed by atoms with Gasteiger partial charge >= 0.3 is 11.9 Å². The lowest BCUT2D eigenvalue weighted by atomic mass is 9.99. The number of hydrogen-bond acceptors (Lipinski definition) is 4. The standard InChI is InChI=1S/C21H27ClN5O2/c1-14-8-10-26(11-9-14)13-17-23-19-18(20(28)25(3)21(29)24(19)2)27(17)12-15-4-6-16(22)7-5-15/h4-7,14,18H,8-13H2,1-3H3/q+1. The number of amidine groups is 2. The first-order chi connectivity index (χ1) is 13.8. The molecule has 3 heterocycles. The summed E-state index contributed by atoms with van der Waals surface area (Å²) in [7, 11) is 3.21. The van der Waals surface area contributed by atoms with Crippen LogP contribution in [0.4, 0.5) is 4.79 Å². The van der Waals surface area contributed by atoms with E-state index in [-0.39, 0.29) is 11.9 Å². The van der Waals surface area contributed by atoms with Crippen molar-refractivity contribution in [3.05, 3.63) is 34.9 Å². The number of imide groups is 1. The van der Waals surface area contributed by atoms with Crippen LogP contribution in [-0.2, 0) is 11.3 Å². The van der Waals surface area contributed by atoms with Gasteiger partial charge in [-0.3, -0.25) is 19.5 Å². The van der Waals surface area contributed by atoms with Crippen molar-refractivity contribution in [1.29, 1.82) is 0 Å². The monoisotopic (exact) mass is 416 g/mol. The van der Waals surface area contributed by atoms with Gasteiger partial charge in [-0.1, -0.05) is 30.7 Å². The largest absolute Gasteiger partial charge is 0.333 e. The Labute approximate surface area is 176 Å². The van der Waals surface area contributed by atoms with E-state index in [4.69, 9.17) is 16.6 Å². The van der Waals surface area contributed by atoms with E-state index in [0.29, 0.717) is 23.9 Å². The van der Waals surface area contributed by atoms with Gasteiger partial charge in [-0.25, -0.2) is 9.37 Å². The normalized spacial score (nSPS) is 23.7. The lowest BCUT2D eigenvalue weighted by Crippen LogP contribution is -2.61. The summed E-state index contributed by atoms with van der Waals surface area (Å²) >= 11 is 6.03. The number of halogens is 1. The van der Waals surface area contributed by atoms with Crippen LogP contribution in [0.2, 0.25) is 5.02 Å². The third kappa shape index (κ3) is 3.81. The fraction of sp³-hybridized carbons (Fsp3) is 0.524. The summed E-state index contributed by atoms with van der Waals surface area (Å²) in [5.74, 6) is 1.88. The molecule has 4 rings (SSSR count). The number of hydrogen-bond donors (Lipinski definition) is 0. The van der Waals surface area contributed by atoms with Gasteiger partial charge in [0.15, 0.2) is 0 Å². The molecule has 3 aliphatic rings. The molecule has 1 aromatic carbocycles. The van der Waals surface area contributed by atoms with Gasteiger partial charge in [0, 0.05) is 19.1 Å². The highest BCUT2D eigenvalue weighted by Crippen LogP contribution is 2.23. The SMILES string of the molecule is CC1CCN(CC2=[N+](Cc3ccc(Cl)cc3)C3C(=O)N(C)C(=O)N(C)C3=N2)CC1. The van der Waals surface area contributed by atoms with Crippen LogP contribution in [0.1, 0.15) is 25.3 Å². The first-order valence-electron chi connectivity index (χ1n) is 10.1. The molecule has 2 saturated heterocycles. The lowest BCUT2D eigenvalue weighted by Gasteiger charge is -2.31. The number of likely N-dealkylation sites (N-methyl/N-ethyl adjacent to an activating group) is 2. The Morgan fingerprint density at radius 2 is 1.76 bits per heavy atom. The molecule has 2 fully saturated rings. The molecule has 0 aliphatic carbocycles. The molecule has 1 aromatic rings. The number of piperidine rings is 1. The van der Waals surface area contributed by atoms with Crippen molar-refractivity contribution in [3.8, 4) is 0 Å². The van der Waals surface area contributed by atoms with Gasteiger partial charge < -0.3 is 0 Å². The van der Waals surface area contributed by atoms with Crippen molar-refractivity contribution >= 4 is 35.2 Å². The zero-order valence-corrected chi connectivity index (χ0v) is 17.9. The zero-order valence-electron chi connectivity index (χ0n) is 17.1. The molecule has 0 saturated carbocycles. The van der Waals surface area contributed by atoms with Gasteiger partial charge in [0.25, 0.3) is 17.8 Å². The van der Waals surface area contributed by atoms with E-state index in [0.717, 1.165) is 30.4 Å². The first kappa shape index (κ1) is 20.0. The van der Waals surface area contributed by atoms with Crippen LogP contribution in [-0.4, -0.2) is 82.7 Å². The molecule has 3 aliphatic heterocycles. The van der Waals surface area contributed by atoms with Crippen molar-refractivity contribution in [2.75, 3.05) is 33.7 Å². The van der Waals surface area contributed by atoms with Crippen molar-refractivity contribution in [3.63, 3.8) is 0 Å². The van der Waals surface area contributed by atoms with Gasteiger partial charge in [0.1, 0.15) is 13.1 Å². The number of carbonyl (C=O) groups excluding carboxylic acids is 2. The van der Waals surface area contributed by atoms with E-state index in [1.54, 1.807) is 7.05 Å². The second kappa shape index (κ2) is 7.88. The predicted molar refractivity (Wildman–Crippen MR) is 112 cm³/mol. The predicted octanol–water partition coefficient (Wildman–Crippen LogP) is 2.29. The van der Waals surface area contributed by atoms with E-state index in [2.05, 4.69) is 11.8 Å².